The van der Waals surface area contributed by atoms with Gasteiger partial charge in [-0.1, -0.05) is 13.8 Å². The van der Waals surface area contributed by atoms with E-state index in [4.69, 9.17) is 9.15 Å². The summed E-state index contributed by atoms with van der Waals surface area (Å²) in [6, 6.07) is 7.49. The van der Waals surface area contributed by atoms with E-state index < -0.39 is 28.3 Å². The number of rotatable bonds is 5. The lowest BCUT2D eigenvalue weighted by molar-refractivity contribution is 0.0459. The minimum atomic E-state index is -1.44. The lowest BCUT2D eigenvalue weighted by Gasteiger charge is -2.11. The minimum Gasteiger partial charge on any atom is -0.612 e. The molecule has 1 aromatic heterocycles. The summed E-state index contributed by atoms with van der Waals surface area (Å²) >= 11 is -2.80. The van der Waals surface area contributed by atoms with Gasteiger partial charge >= 0.3 is 5.97 Å². The predicted octanol–water partition coefficient (Wildman–Crippen LogP) is 3.23. The lowest BCUT2D eigenvalue weighted by Crippen LogP contribution is -2.12. The summed E-state index contributed by atoms with van der Waals surface area (Å²) in [7, 11) is 0. The van der Waals surface area contributed by atoms with Crippen molar-refractivity contribution in [3.05, 3.63) is 46.1 Å². The fourth-order valence-electron chi connectivity index (χ4n) is 2.73. The van der Waals surface area contributed by atoms with Crippen LogP contribution in [0.25, 0.3) is 21.9 Å². The Labute approximate surface area is 168 Å². The highest BCUT2D eigenvalue weighted by atomic mass is 32.2. The van der Waals surface area contributed by atoms with Crippen LogP contribution >= 0.6 is 0 Å². The van der Waals surface area contributed by atoms with Crippen molar-refractivity contribution >= 4 is 50.3 Å². The molecule has 0 fully saturated rings. The molecule has 0 bridgehead atoms. The molecule has 2 unspecified atom stereocenters. The normalized spacial score (nSPS) is 13.8. The van der Waals surface area contributed by atoms with Gasteiger partial charge in [-0.25, -0.2) is 4.79 Å². The van der Waals surface area contributed by atoms with Crippen LogP contribution in [0.1, 0.15) is 24.2 Å². The Morgan fingerprint density at radius 1 is 1.11 bits per heavy atom. The Bertz CT molecular complexity index is 1100. The SMILES string of the molecule is CC(C)COC(=O)c1ccc2oc3c([S+](C)[O-])cc([S+](C)[O-])cc3c(=O)c2c1. The summed E-state index contributed by atoms with van der Waals surface area (Å²) in [6.07, 6.45) is 2.95. The van der Waals surface area contributed by atoms with Gasteiger partial charge in [0.2, 0.25) is 10.3 Å². The van der Waals surface area contributed by atoms with Gasteiger partial charge in [0.15, 0.2) is 10.5 Å². The average molecular weight is 421 g/mol. The van der Waals surface area contributed by atoms with E-state index in [1.807, 2.05) is 13.8 Å². The zero-order chi connectivity index (χ0) is 20.6. The van der Waals surface area contributed by atoms with Gasteiger partial charge in [0.25, 0.3) is 0 Å². The predicted molar refractivity (Wildman–Crippen MR) is 110 cm³/mol. The molecule has 1 heterocycles. The number of hydrogen-bond donors (Lipinski definition) is 0. The highest BCUT2D eigenvalue weighted by Crippen LogP contribution is 2.29. The number of ether oxygens (including phenoxy) is 1. The molecule has 28 heavy (non-hydrogen) atoms. The molecule has 0 aliphatic heterocycles. The molecule has 0 aliphatic rings. The Balaban J connectivity index is 2.22. The first-order valence-corrected chi connectivity index (χ1v) is 11.7. The summed E-state index contributed by atoms with van der Waals surface area (Å²) < 4.78 is 35.1. The maximum atomic E-state index is 13.1. The van der Waals surface area contributed by atoms with Crippen molar-refractivity contribution in [1.29, 1.82) is 0 Å². The van der Waals surface area contributed by atoms with Gasteiger partial charge in [-0.2, -0.15) is 0 Å². The van der Waals surface area contributed by atoms with Crippen LogP contribution in [0.15, 0.2) is 49.3 Å². The highest BCUT2D eigenvalue weighted by molar-refractivity contribution is 7.91. The maximum Gasteiger partial charge on any atom is 0.338 e. The quantitative estimate of drug-likeness (QED) is 0.357. The van der Waals surface area contributed by atoms with Crippen LogP contribution in [0.2, 0.25) is 0 Å². The molecular weight excluding hydrogens is 400 g/mol. The Morgan fingerprint density at radius 3 is 2.43 bits per heavy atom. The zero-order valence-electron chi connectivity index (χ0n) is 15.9. The van der Waals surface area contributed by atoms with Crippen LogP contribution < -0.4 is 5.43 Å². The van der Waals surface area contributed by atoms with Crippen LogP contribution in [-0.4, -0.2) is 34.2 Å². The van der Waals surface area contributed by atoms with E-state index in [1.165, 1.54) is 42.8 Å². The highest BCUT2D eigenvalue weighted by Gasteiger charge is 2.22. The van der Waals surface area contributed by atoms with Crippen LogP contribution in [-0.2, 0) is 27.1 Å². The largest absolute Gasteiger partial charge is 0.612 e. The van der Waals surface area contributed by atoms with Gasteiger partial charge in [0.05, 0.1) is 29.0 Å². The maximum absolute atomic E-state index is 13.1. The summed E-state index contributed by atoms with van der Waals surface area (Å²) in [4.78, 5) is 26.0. The number of carbonyl (C=O) groups excluding carboxylic acids is 1. The summed E-state index contributed by atoms with van der Waals surface area (Å²) in [6.45, 7) is 4.14. The molecule has 2 atom stereocenters. The first-order chi connectivity index (χ1) is 13.2. The van der Waals surface area contributed by atoms with E-state index >= 15 is 0 Å². The molecule has 0 spiro atoms. The van der Waals surface area contributed by atoms with E-state index in [0.717, 1.165) is 0 Å². The van der Waals surface area contributed by atoms with Gasteiger partial charge in [0, 0.05) is 6.07 Å². The van der Waals surface area contributed by atoms with Crippen molar-refractivity contribution in [2.45, 2.75) is 23.6 Å². The molecule has 0 saturated heterocycles. The van der Waals surface area contributed by atoms with E-state index in [-0.39, 0.29) is 45.5 Å². The van der Waals surface area contributed by atoms with Gasteiger partial charge in [-0.3, -0.25) is 4.79 Å². The molecule has 8 heteroatoms. The third kappa shape index (κ3) is 4.05. The molecule has 0 saturated carbocycles. The van der Waals surface area contributed by atoms with Gasteiger partial charge in [0.1, 0.15) is 18.1 Å². The van der Waals surface area contributed by atoms with E-state index in [9.17, 15) is 18.7 Å². The van der Waals surface area contributed by atoms with Crippen LogP contribution in [0, 0.1) is 5.92 Å². The number of fused-ring (bicyclic) bond motifs is 2. The smallest absolute Gasteiger partial charge is 0.338 e. The third-order valence-electron chi connectivity index (χ3n) is 4.13. The van der Waals surface area contributed by atoms with E-state index in [0.29, 0.717) is 9.79 Å². The molecule has 6 nitrogen and oxygen atoms in total. The van der Waals surface area contributed by atoms with E-state index in [2.05, 4.69) is 0 Å². The van der Waals surface area contributed by atoms with Crippen LogP contribution in [0.3, 0.4) is 0 Å². The summed E-state index contributed by atoms with van der Waals surface area (Å²) in [5.41, 5.74) is 0.334. The van der Waals surface area contributed by atoms with Crippen molar-refractivity contribution in [3.63, 3.8) is 0 Å². The Morgan fingerprint density at radius 2 is 1.82 bits per heavy atom. The number of esters is 1. The fourth-order valence-corrected chi connectivity index (χ4v) is 4.08. The lowest BCUT2D eigenvalue weighted by atomic mass is 10.1. The zero-order valence-corrected chi connectivity index (χ0v) is 17.6. The van der Waals surface area contributed by atoms with Crippen molar-refractivity contribution in [2.75, 3.05) is 19.1 Å². The first-order valence-electron chi connectivity index (χ1n) is 8.57. The Hall–Kier alpha value is -2.00. The number of hydrogen-bond acceptors (Lipinski definition) is 6. The minimum absolute atomic E-state index is 0.179. The summed E-state index contributed by atoms with van der Waals surface area (Å²) in [5, 5.41) is 0.386. The molecule has 0 N–H and O–H groups in total. The molecule has 3 rings (SSSR count). The monoisotopic (exact) mass is 420 g/mol. The second kappa shape index (κ2) is 8.16. The van der Waals surface area contributed by atoms with Gasteiger partial charge in [-0.05, 0) is 46.5 Å². The molecular formula is C20H20O6S2. The second-order valence-corrected chi connectivity index (χ2v) is 9.57. The van der Waals surface area contributed by atoms with Crippen molar-refractivity contribution in [3.8, 4) is 0 Å². The van der Waals surface area contributed by atoms with Crippen molar-refractivity contribution in [1.82, 2.24) is 0 Å². The van der Waals surface area contributed by atoms with Gasteiger partial charge < -0.3 is 18.3 Å². The van der Waals surface area contributed by atoms with Gasteiger partial charge in [-0.15, -0.1) is 0 Å². The standard InChI is InChI=1S/C20H20O6S2/c1-11(2)10-25-20(22)12-5-6-16-14(7-12)18(21)15-8-13(27(3)23)9-17(28(4)24)19(15)26-16/h5-9,11H,10H2,1-4H3. The van der Waals surface area contributed by atoms with Crippen LogP contribution in [0.4, 0.5) is 0 Å². The third-order valence-corrected chi connectivity index (χ3v) is 5.96. The van der Waals surface area contributed by atoms with E-state index in [1.54, 1.807) is 0 Å². The van der Waals surface area contributed by atoms with Crippen molar-refractivity contribution in [2.24, 2.45) is 5.92 Å². The number of benzene rings is 2. The average Bonchev–Trinajstić information content (AvgIpc) is 2.65. The molecule has 0 aliphatic carbocycles. The summed E-state index contributed by atoms with van der Waals surface area (Å²) in [5.74, 6) is -0.325. The molecule has 148 valence electrons. The number of carbonyl (C=O) groups is 1. The molecule has 2 aromatic carbocycles. The first kappa shape index (κ1) is 20.7. The molecule has 3 aromatic rings. The molecule has 0 radical (unpaired) electrons. The van der Waals surface area contributed by atoms with Crippen molar-refractivity contribution < 1.29 is 23.1 Å². The fraction of sp³-hybridized carbons (Fsp3) is 0.300. The topological polar surface area (TPSA) is 103 Å². The molecule has 0 amide bonds. The Kier molecular flexibility index (Phi) is 6.04. The van der Waals surface area contributed by atoms with Crippen LogP contribution in [0.5, 0.6) is 0 Å². The second-order valence-electron chi connectivity index (χ2n) is 6.84.